The van der Waals surface area contributed by atoms with Gasteiger partial charge in [0.05, 0.1) is 17.1 Å². The number of halogens is 1. The van der Waals surface area contributed by atoms with Crippen LogP contribution in [0.5, 0.6) is 5.75 Å². The van der Waals surface area contributed by atoms with Crippen molar-refractivity contribution in [1.82, 2.24) is 5.32 Å². The molecule has 0 saturated heterocycles. The van der Waals surface area contributed by atoms with E-state index in [1.807, 2.05) is 0 Å². The van der Waals surface area contributed by atoms with E-state index in [-0.39, 0.29) is 22.8 Å². The van der Waals surface area contributed by atoms with Crippen LogP contribution in [0.25, 0.3) is 0 Å². The highest BCUT2D eigenvalue weighted by Crippen LogP contribution is 2.14. The molecular formula is C9H9FN2O2S. The van der Waals surface area contributed by atoms with E-state index >= 15 is 0 Å². The van der Waals surface area contributed by atoms with Crippen LogP contribution in [-0.4, -0.2) is 22.5 Å². The number of nitrogens with two attached hydrogens (primary N) is 1. The monoisotopic (exact) mass is 228 g/mol. The van der Waals surface area contributed by atoms with Crippen molar-refractivity contribution in [2.45, 2.75) is 0 Å². The van der Waals surface area contributed by atoms with E-state index in [1.54, 1.807) is 0 Å². The van der Waals surface area contributed by atoms with Gasteiger partial charge in [-0.3, -0.25) is 4.79 Å². The van der Waals surface area contributed by atoms with Gasteiger partial charge in [0.25, 0.3) is 5.91 Å². The van der Waals surface area contributed by atoms with Crippen LogP contribution >= 0.6 is 12.2 Å². The largest absolute Gasteiger partial charge is 0.508 e. The molecule has 1 amide bonds. The molecule has 4 nitrogen and oxygen atoms in total. The number of rotatable bonds is 3. The van der Waals surface area contributed by atoms with Crippen molar-refractivity contribution in [3.05, 3.63) is 29.6 Å². The number of thiocarbonyl (C=S) groups is 1. The minimum absolute atomic E-state index is 0.00842. The van der Waals surface area contributed by atoms with Gasteiger partial charge in [-0.15, -0.1) is 0 Å². The number of phenolic OH excluding ortho intramolecular Hbond substituents is 1. The van der Waals surface area contributed by atoms with E-state index in [9.17, 15) is 9.18 Å². The zero-order valence-electron chi connectivity index (χ0n) is 7.66. The zero-order valence-corrected chi connectivity index (χ0v) is 8.47. The molecule has 1 aromatic rings. The topological polar surface area (TPSA) is 75.3 Å². The number of nitrogens with one attached hydrogen (secondary N) is 1. The summed E-state index contributed by atoms with van der Waals surface area (Å²) in [6.45, 7) is 0.00842. The Morgan fingerprint density at radius 2 is 2.27 bits per heavy atom. The quantitative estimate of drug-likeness (QED) is 0.660. The molecule has 0 aliphatic heterocycles. The van der Waals surface area contributed by atoms with Crippen molar-refractivity contribution in [2.75, 3.05) is 6.54 Å². The standard InChI is InChI=1S/C9H9FN2O2S/c10-7-3-5(13)1-2-6(7)9(14)12-4-8(11)15/h1-3,13H,4H2,(H2,11,15)(H,12,14). The van der Waals surface area contributed by atoms with Crippen molar-refractivity contribution in [3.8, 4) is 5.75 Å². The second kappa shape index (κ2) is 4.70. The highest BCUT2D eigenvalue weighted by molar-refractivity contribution is 7.80. The fraction of sp³-hybridized carbons (Fsp3) is 0.111. The molecule has 0 saturated carbocycles. The summed E-state index contributed by atoms with van der Waals surface area (Å²) in [6, 6.07) is 3.26. The molecule has 0 atom stereocenters. The Bertz CT molecular complexity index is 409. The normalized spacial score (nSPS) is 9.67. The molecule has 0 spiro atoms. The molecule has 0 fully saturated rings. The Balaban J connectivity index is 2.78. The van der Waals surface area contributed by atoms with Gasteiger partial charge in [-0.05, 0) is 12.1 Å². The van der Waals surface area contributed by atoms with E-state index in [2.05, 4.69) is 17.5 Å². The summed E-state index contributed by atoms with van der Waals surface area (Å²) >= 11 is 4.55. The molecule has 1 rings (SSSR count). The molecular weight excluding hydrogens is 219 g/mol. The Kier molecular flexibility index (Phi) is 3.56. The minimum atomic E-state index is -0.796. The van der Waals surface area contributed by atoms with Crippen molar-refractivity contribution in [1.29, 1.82) is 0 Å². The zero-order chi connectivity index (χ0) is 11.4. The maximum absolute atomic E-state index is 13.1. The van der Waals surface area contributed by atoms with Gasteiger partial charge in [-0.2, -0.15) is 0 Å². The summed E-state index contributed by atoms with van der Waals surface area (Å²) in [5.74, 6) is -1.66. The first-order valence-electron chi connectivity index (χ1n) is 4.05. The predicted octanol–water partition coefficient (Wildman–Crippen LogP) is 0.547. The summed E-state index contributed by atoms with van der Waals surface area (Å²) in [7, 11) is 0. The number of aromatic hydroxyl groups is 1. The van der Waals surface area contributed by atoms with E-state index in [0.717, 1.165) is 6.07 Å². The number of phenols is 1. The number of carbonyl (C=O) groups excluding carboxylic acids is 1. The lowest BCUT2D eigenvalue weighted by Gasteiger charge is -2.04. The molecule has 0 aliphatic rings. The number of hydrogen-bond donors (Lipinski definition) is 3. The third-order valence-corrected chi connectivity index (χ3v) is 1.76. The van der Waals surface area contributed by atoms with E-state index in [0.29, 0.717) is 0 Å². The summed E-state index contributed by atoms with van der Waals surface area (Å²) in [5.41, 5.74) is 5.00. The molecule has 0 heterocycles. The Morgan fingerprint density at radius 3 is 2.80 bits per heavy atom. The van der Waals surface area contributed by atoms with Gasteiger partial charge in [-0.1, -0.05) is 12.2 Å². The van der Waals surface area contributed by atoms with Crippen molar-refractivity contribution in [2.24, 2.45) is 5.73 Å². The first kappa shape index (κ1) is 11.4. The number of carbonyl (C=O) groups is 1. The van der Waals surface area contributed by atoms with Crippen LogP contribution in [0.3, 0.4) is 0 Å². The van der Waals surface area contributed by atoms with Crippen LogP contribution in [0.1, 0.15) is 10.4 Å². The van der Waals surface area contributed by atoms with Gasteiger partial charge >= 0.3 is 0 Å². The molecule has 0 radical (unpaired) electrons. The highest BCUT2D eigenvalue weighted by atomic mass is 32.1. The molecule has 0 aromatic heterocycles. The van der Waals surface area contributed by atoms with Crippen LogP contribution in [0.15, 0.2) is 18.2 Å². The smallest absolute Gasteiger partial charge is 0.254 e. The minimum Gasteiger partial charge on any atom is -0.508 e. The van der Waals surface area contributed by atoms with Gasteiger partial charge in [0, 0.05) is 6.07 Å². The molecule has 4 N–H and O–H groups in total. The lowest BCUT2D eigenvalue weighted by molar-refractivity contribution is 0.0955. The van der Waals surface area contributed by atoms with Crippen LogP contribution in [0.4, 0.5) is 4.39 Å². The Labute approximate surface area is 90.9 Å². The van der Waals surface area contributed by atoms with E-state index < -0.39 is 11.7 Å². The summed E-state index contributed by atoms with van der Waals surface area (Å²) < 4.78 is 13.1. The summed E-state index contributed by atoms with van der Waals surface area (Å²) in [4.78, 5) is 11.4. The summed E-state index contributed by atoms with van der Waals surface area (Å²) in [5, 5.41) is 11.3. The fourth-order valence-corrected chi connectivity index (χ4v) is 1.02. The van der Waals surface area contributed by atoms with Crippen LogP contribution in [0, 0.1) is 5.82 Å². The van der Waals surface area contributed by atoms with Gasteiger partial charge in [0.2, 0.25) is 0 Å². The maximum Gasteiger partial charge on any atom is 0.254 e. The first-order chi connectivity index (χ1) is 7.00. The van der Waals surface area contributed by atoms with Crippen LogP contribution < -0.4 is 11.1 Å². The fourth-order valence-electron chi connectivity index (χ4n) is 0.951. The average molecular weight is 228 g/mol. The van der Waals surface area contributed by atoms with Gasteiger partial charge in [-0.25, -0.2) is 4.39 Å². The lowest BCUT2D eigenvalue weighted by atomic mass is 10.2. The van der Waals surface area contributed by atoms with Gasteiger partial charge < -0.3 is 16.2 Å². The molecule has 0 unspecified atom stereocenters. The number of hydrogen-bond acceptors (Lipinski definition) is 3. The van der Waals surface area contributed by atoms with Crippen molar-refractivity contribution < 1.29 is 14.3 Å². The molecule has 1 aromatic carbocycles. The lowest BCUT2D eigenvalue weighted by Crippen LogP contribution is -2.32. The van der Waals surface area contributed by atoms with E-state index in [1.165, 1.54) is 12.1 Å². The molecule has 0 aliphatic carbocycles. The van der Waals surface area contributed by atoms with Crippen LogP contribution in [-0.2, 0) is 0 Å². The Morgan fingerprint density at radius 1 is 1.60 bits per heavy atom. The molecule has 15 heavy (non-hydrogen) atoms. The summed E-state index contributed by atoms with van der Waals surface area (Å²) in [6.07, 6.45) is 0. The Hall–Kier alpha value is -1.69. The third kappa shape index (κ3) is 3.17. The molecule has 80 valence electrons. The predicted molar refractivity (Wildman–Crippen MR) is 57.2 cm³/mol. The molecule has 6 heteroatoms. The first-order valence-corrected chi connectivity index (χ1v) is 4.46. The van der Waals surface area contributed by atoms with Gasteiger partial charge in [0.15, 0.2) is 0 Å². The second-order valence-electron chi connectivity index (χ2n) is 2.81. The third-order valence-electron chi connectivity index (χ3n) is 1.62. The van der Waals surface area contributed by atoms with Crippen molar-refractivity contribution in [3.63, 3.8) is 0 Å². The number of benzene rings is 1. The number of amides is 1. The second-order valence-corrected chi connectivity index (χ2v) is 3.34. The van der Waals surface area contributed by atoms with Gasteiger partial charge in [0.1, 0.15) is 11.6 Å². The average Bonchev–Trinajstić information content (AvgIpc) is 2.14. The van der Waals surface area contributed by atoms with Crippen molar-refractivity contribution >= 4 is 23.1 Å². The highest BCUT2D eigenvalue weighted by Gasteiger charge is 2.11. The van der Waals surface area contributed by atoms with Crippen LogP contribution in [0.2, 0.25) is 0 Å². The maximum atomic E-state index is 13.1. The molecule has 0 bridgehead atoms. The SMILES string of the molecule is NC(=S)CNC(=O)c1ccc(O)cc1F. The van der Waals surface area contributed by atoms with E-state index in [4.69, 9.17) is 10.8 Å².